The largest absolute Gasteiger partial charge is 0.242 e. The van der Waals surface area contributed by atoms with Crippen LogP contribution in [0.25, 0.3) is 0 Å². The first kappa shape index (κ1) is 5.95. The van der Waals surface area contributed by atoms with Gasteiger partial charge in [0.2, 0.25) is 0 Å². The van der Waals surface area contributed by atoms with Crippen molar-refractivity contribution in [1.82, 2.24) is 4.98 Å². The molecule has 0 atom stereocenters. The van der Waals surface area contributed by atoms with Gasteiger partial charge in [0.15, 0.2) is 5.82 Å². The molecule has 0 amide bonds. The molecule has 1 aromatic heterocycles. The first-order chi connectivity index (χ1) is 4.43. The summed E-state index contributed by atoms with van der Waals surface area (Å²) < 4.78 is 0. The van der Waals surface area contributed by atoms with E-state index in [-0.39, 0.29) is 0 Å². The van der Waals surface area contributed by atoms with Crippen molar-refractivity contribution in [2.24, 2.45) is 4.99 Å². The minimum atomic E-state index is 0.764. The Morgan fingerprint density at radius 1 is 1.56 bits per heavy atom. The molecule has 46 valence electrons. The number of hydrogen-bond donors (Lipinski definition) is 0. The lowest BCUT2D eigenvalue weighted by molar-refractivity contribution is 1.28. The van der Waals surface area contributed by atoms with E-state index in [1.165, 1.54) is 0 Å². The molecule has 0 spiro atoms. The summed E-state index contributed by atoms with van der Waals surface area (Å²) in [6.45, 7) is 1.87. The molecule has 2 heteroatoms. The molecule has 0 radical (unpaired) electrons. The summed E-state index contributed by atoms with van der Waals surface area (Å²) in [7, 11) is 0. The van der Waals surface area contributed by atoms with Gasteiger partial charge in [-0.05, 0) is 19.1 Å². The van der Waals surface area contributed by atoms with Crippen molar-refractivity contribution in [1.29, 1.82) is 0 Å². The average Bonchev–Trinajstić information content (AvgIpc) is 1.91. The lowest BCUT2D eigenvalue weighted by atomic mass is 10.5. The Balaban J connectivity index is 2.85. The fourth-order valence-electron chi connectivity index (χ4n) is 0.562. The van der Waals surface area contributed by atoms with Crippen LogP contribution in [0.3, 0.4) is 0 Å². The zero-order valence-corrected chi connectivity index (χ0v) is 5.28. The molecular formula is C7H8N2. The summed E-state index contributed by atoms with van der Waals surface area (Å²) in [6, 6.07) is 5.64. The Morgan fingerprint density at radius 2 is 2.44 bits per heavy atom. The summed E-state index contributed by atoms with van der Waals surface area (Å²) in [5, 5.41) is 0. The molecule has 0 bridgehead atoms. The number of hydrogen-bond acceptors (Lipinski definition) is 2. The molecule has 0 saturated carbocycles. The number of aliphatic imine (C=N–C) groups is 1. The zero-order chi connectivity index (χ0) is 6.53. The van der Waals surface area contributed by atoms with E-state index in [1.807, 2.05) is 25.1 Å². The van der Waals surface area contributed by atoms with Gasteiger partial charge in [0.1, 0.15) is 0 Å². The van der Waals surface area contributed by atoms with Crippen molar-refractivity contribution in [3.63, 3.8) is 0 Å². The van der Waals surface area contributed by atoms with Gasteiger partial charge in [-0.25, -0.2) is 9.98 Å². The van der Waals surface area contributed by atoms with Crippen molar-refractivity contribution in [3.05, 3.63) is 24.4 Å². The third-order valence-corrected chi connectivity index (χ3v) is 0.911. The standard InChI is InChI=1S/C7H8N2/c1-2-8-7-5-3-4-6-9-7/h2-6H,1H3/b8-2-. The Kier molecular flexibility index (Phi) is 1.96. The van der Waals surface area contributed by atoms with Crippen molar-refractivity contribution >= 4 is 12.0 Å². The van der Waals surface area contributed by atoms with E-state index >= 15 is 0 Å². The average molecular weight is 120 g/mol. The molecule has 0 aliphatic carbocycles. The summed E-state index contributed by atoms with van der Waals surface area (Å²) in [4.78, 5) is 7.94. The molecule has 0 aromatic carbocycles. The highest BCUT2D eigenvalue weighted by Gasteiger charge is 1.80. The van der Waals surface area contributed by atoms with Gasteiger partial charge in [0.05, 0.1) is 0 Å². The molecule has 0 saturated heterocycles. The fraction of sp³-hybridized carbons (Fsp3) is 0.143. The number of pyridine rings is 1. The lowest BCUT2D eigenvalue weighted by Gasteiger charge is -1.85. The molecule has 9 heavy (non-hydrogen) atoms. The Morgan fingerprint density at radius 3 is 3.00 bits per heavy atom. The quantitative estimate of drug-likeness (QED) is 0.519. The van der Waals surface area contributed by atoms with Crippen LogP contribution in [0.1, 0.15) is 6.92 Å². The predicted octanol–water partition coefficient (Wildman–Crippen LogP) is 1.80. The van der Waals surface area contributed by atoms with Gasteiger partial charge in [-0.1, -0.05) is 6.07 Å². The molecule has 1 heterocycles. The SMILES string of the molecule is C/C=N\c1ccccn1. The van der Waals surface area contributed by atoms with Gasteiger partial charge in [0.25, 0.3) is 0 Å². The second kappa shape index (κ2) is 2.97. The second-order valence-electron chi connectivity index (χ2n) is 1.58. The smallest absolute Gasteiger partial charge is 0.151 e. The van der Waals surface area contributed by atoms with Crippen LogP contribution >= 0.6 is 0 Å². The maximum Gasteiger partial charge on any atom is 0.151 e. The fourth-order valence-corrected chi connectivity index (χ4v) is 0.562. The van der Waals surface area contributed by atoms with Gasteiger partial charge in [0, 0.05) is 12.4 Å². The van der Waals surface area contributed by atoms with Gasteiger partial charge < -0.3 is 0 Å². The van der Waals surface area contributed by atoms with E-state index in [9.17, 15) is 0 Å². The topological polar surface area (TPSA) is 25.2 Å². The third-order valence-electron chi connectivity index (χ3n) is 0.911. The minimum Gasteiger partial charge on any atom is -0.242 e. The van der Waals surface area contributed by atoms with Gasteiger partial charge in [-0.15, -0.1) is 0 Å². The predicted molar refractivity (Wildman–Crippen MR) is 38.1 cm³/mol. The van der Waals surface area contributed by atoms with Crippen molar-refractivity contribution in [2.45, 2.75) is 6.92 Å². The van der Waals surface area contributed by atoms with Crippen LogP contribution < -0.4 is 0 Å². The number of aromatic nitrogens is 1. The Bertz CT molecular complexity index is 191. The monoisotopic (exact) mass is 120 g/mol. The van der Waals surface area contributed by atoms with E-state index in [4.69, 9.17) is 0 Å². The highest BCUT2D eigenvalue weighted by molar-refractivity contribution is 5.58. The number of nitrogens with zero attached hydrogens (tertiary/aromatic N) is 2. The van der Waals surface area contributed by atoms with E-state index in [0.29, 0.717) is 0 Å². The molecular weight excluding hydrogens is 112 g/mol. The first-order valence-electron chi connectivity index (χ1n) is 2.83. The Hall–Kier alpha value is -1.18. The van der Waals surface area contributed by atoms with Crippen LogP contribution in [-0.4, -0.2) is 11.2 Å². The summed E-state index contributed by atoms with van der Waals surface area (Å²) >= 11 is 0. The normalized spacial score (nSPS) is 10.3. The van der Waals surface area contributed by atoms with Crippen molar-refractivity contribution in [2.75, 3.05) is 0 Å². The van der Waals surface area contributed by atoms with Gasteiger partial charge in [-0.3, -0.25) is 0 Å². The second-order valence-corrected chi connectivity index (χ2v) is 1.58. The van der Waals surface area contributed by atoms with Crippen LogP contribution in [0.15, 0.2) is 29.4 Å². The molecule has 0 unspecified atom stereocenters. The lowest BCUT2D eigenvalue weighted by Crippen LogP contribution is -1.69. The van der Waals surface area contributed by atoms with E-state index in [2.05, 4.69) is 9.98 Å². The molecule has 0 aliphatic rings. The Labute approximate surface area is 54.3 Å². The van der Waals surface area contributed by atoms with E-state index in [0.717, 1.165) is 5.82 Å². The van der Waals surface area contributed by atoms with Crippen molar-refractivity contribution < 1.29 is 0 Å². The highest BCUT2D eigenvalue weighted by Crippen LogP contribution is 2.02. The maximum atomic E-state index is 3.97. The first-order valence-corrected chi connectivity index (χ1v) is 2.83. The van der Waals surface area contributed by atoms with Crippen LogP contribution in [0, 0.1) is 0 Å². The van der Waals surface area contributed by atoms with Crippen LogP contribution in [0.2, 0.25) is 0 Å². The molecule has 1 rings (SSSR count). The minimum absolute atomic E-state index is 0.764. The van der Waals surface area contributed by atoms with Crippen LogP contribution in [0.5, 0.6) is 0 Å². The highest BCUT2D eigenvalue weighted by atomic mass is 14.9. The summed E-state index contributed by atoms with van der Waals surface area (Å²) in [5.74, 6) is 0.764. The van der Waals surface area contributed by atoms with Gasteiger partial charge in [-0.2, -0.15) is 0 Å². The molecule has 0 aliphatic heterocycles. The number of rotatable bonds is 1. The molecule has 2 nitrogen and oxygen atoms in total. The van der Waals surface area contributed by atoms with Crippen LogP contribution in [0.4, 0.5) is 5.82 Å². The maximum absolute atomic E-state index is 3.97. The summed E-state index contributed by atoms with van der Waals surface area (Å²) in [5.41, 5.74) is 0. The molecule has 0 fully saturated rings. The van der Waals surface area contributed by atoms with E-state index in [1.54, 1.807) is 12.4 Å². The van der Waals surface area contributed by atoms with Crippen molar-refractivity contribution in [3.8, 4) is 0 Å². The summed E-state index contributed by atoms with van der Waals surface area (Å²) in [6.07, 6.45) is 3.45. The van der Waals surface area contributed by atoms with Gasteiger partial charge >= 0.3 is 0 Å². The van der Waals surface area contributed by atoms with E-state index < -0.39 is 0 Å². The van der Waals surface area contributed by atoms with Crippen LogP contribution in [-0.2, 0) is 0 Å². The third kappa shape index (κ3) is 1.64. The zero-order valence-electron chi connectivity index (χ0n) is 5.28. The molecule has 0 N–H and O–H groups in total. The molecule has 1 aromatic rings.